The van der Waals surface area contributed by atoms with Gasteiger partial charge in [-0.3, -0.25) is 9.59 Å². The molecule has 2 heterocycles. The average Bonchev–Trinajstić information content (AvgIpc) is 3.41. The molecule has 0 saturated heterocycles. The van der Waals surface area contributed by atoms with Gasteiger partial charge < -0.3 is 20.1 Å². The first-order valence-corrected chi connectivity index (χ1v) is 11.9. The lowest BCUT2D eigenvalue weighted by molar-refractivity contribution is -0.274. The number of rotatable bonds is 6. The fourth-order valence-corrected chi connectivity index (χ4v) is 4.75. The summed E-state index contributed by atoms with van der Waals surface area (Å²) < 4.78 is 43.0. The largest absolute Gasteiger partial charge is 0.573 e. The van der Waals surface area contributed by atoms with Gasteiger partial charge in [0.2, 0.25) is 5.91 Å². The summed E-state index contributed by atoms with van der Waals surface area (Å²) in [4.78, 5) is 33.0. The van der Waals surface area contributed by atoms with Gasteiger partial charge in [0, 0.05) is 11.5 Å². The summed E-state index contributed by atoms with van der Waals surface area (Å²) in [5, 5.41) is 17.8. The SMILES string of the molecule is O=C(Cn1nc(Cc2nc3cc(OC(F)(F)F)c(Cl)cc3[nH]2)c2ccccc2c1=O)N[C@H]1CCC[C@H]1O. The van der Waals surface area contributed by atoms with Crippen LogP contribution in [0.1, 0.15) is 30.8 Å². The van der Waals surface area contributed by atoms with Crippen molar-refractivity contribution in [3.63, 3.8) is 0 Å². The number of nitrogens with one attached hydrogen (secondary N) is 2. The van der Waals surface area contributed by atoms with Crippen LogP contribution in [0.3, 0.4) is 0 Å². The first-order valence-electron chi connectivity index (χ1n) is 11.5. The number of aromatic amines is 1. The Hall–Kier alpha value is -3.64. The summed E-state index contributed by atoms with van der Waals surface area (Å²) in [6, 6.07) is 8.77. The number of aromatic nitrogens is 4. The van der Waals surface area contributed by atoms with Gasteiger partial charge in [0.15, 0.2) is 0 Å². The van der Waals surface area contributed by atoms with E-state index >= 15 is 0 Å². The number of hydrogen-bond acceptors (Lipinski definition) is 6. The second kappa shape index (κ2) is 9.67. The smallest absolute Gasteiger partial charge is 0.404 e. The molecule has 194 valence electrons. The Bertz CT molecular complexity index is 1550. The van der Waals surface area contributed by atoms with Crippen LogP contribution in [-0.4, -0.2) is 49.3 Å². The molecular formula is C24H21ClF3N5O4. The number of alkyl halides is 3. The Morgan fingerprint density at radius 1 is 1.24 bits per heavy atom. The van der Waals surface area contributed by atoms with Gasteiger partial charge in [0.05, 0.1) is 45.7 Å². The Labute approximate surface area is 212 Å². The molecule has 0 radical (unpaired) electrons. The third-order valence-corrected chi connectivity index (χ3v) is 6.50. The minimum Gasteiger partial charge on any atom is -0.404 e. The van der Waals surface area contributed by atoms with E-state index in [0.717, 1.165) is 17.2 Å². The Kier molecular flexibility index (Phi) is 6.54. The highest BCUT2D eigenvalue weighted by molar-refractivity contribution is 6.32. The quantitative estimate of drug-likeness (QED) is 0.348. The molecule has 9 nitrogen and oxygen atoms in total. The van der Waals surface area contributed by atoms with Gasteiger partial charge in [-0.1, -0.05) is 29.8 Å². The number of benzene rings is 2. The van der Waals surface area contributed by atoms with Crippen LogP contribution in [0.5, 0.6) is 5.75 Å². The molecule has 37 heavy (non-hydrogen) atoms. The number of nitrogens with zero attached hydrogens (tertiary/aromatic N) is 3. The standard InChI is InChI=1S/C24H21ClF3N5O4/c25-14-8-17-18(9-20(14)37-24(26,27)28)30-21(29-17)10-16-12-4-1-2-5-13(12)23(36)33(32-16)11-22(35)31-15-6-3-7-19(15)34/h1-2,4-5,8-9,15,19,34H,3,6-7,10-11H2,(H,29,30)(H,31,35)/t15-,19+/m0/s1. The highest BCUT2D eigenvalue weighted by Crippen LogP contribution is 2.33. The van der Waals surface area contributed by atoms with Crippen LogP contribution in [0, 0.1) is 0 Å². The third kappa shape index (κ3) is 5.39. The van der Waals surface area contributed by atoms with E-state index in [4.69, 9.17) is 11.6 Å². The van der Waals surface area contributed by atoms with E-state index in [1.165, 1.54) is 6.07 Å². The number of halogens is 4. The van der Waals surface area contributed by atoms with Gasteiger partial charge in [0.25, 0.3) is 5.56 Å². The Morgan fingerprint density at radius 3 is 2.70 bits per heavy atom. The van der Waals surface area contributed by atoms with Crippen molar-refractivity contribution in [2.24, 2.45) is 0 Å². The molecule has 13 heteroatoms. The maximum Gasteiger partial charge on any atom is 0.573 e. The number of amides is 1. The van der Waals surface area contributed by atoms with Crippen LogP contribution in [-0.2, 0) is 17.8 Å². The van der Waals surface area contributed by atoms with E-state index in [2.05, 4.69) is 25.1 Å². The van der Waals surface area contributed by atoms with E-state index < -0.39 is 29.7 Å². The van der Waals surface area contributed by atoms with Crippen LogP contribution in [0.15, 0.2) is 41.2 Å². The zero-order chi connectivity index (χ0) is 26.3. The van der Waals surface area contributed by atoms with E-state index in [9.17, 15) is 27.9 Å². The normalized spacial score (nSPS) is 18.0. The molecule has 1 fully saturated rings. The molecule has 2 atom stereocenters. The molecule has 4 aromatic rings. The molecule has 1 amide bonds. The summed E-state index contributed by atoms with van der Waals surface area (Å²) in [7, 11) is 0. The third-order valence-electron chi connectivity index (χ3n) is 6.21. The minimum absolute atomic E-state index is 0.0888. The topological polar surface area (TPSA) is 122 Å². The summed E-state index contributed by atoms with van der Waals surface area (Å²) in [6.45, 7) is -0.340. The van der Waals surface area contributed by atoms with Gasteiger partial charge in [-0.15, -0.1) is 13.2 Å². The van der Waals surface area contributed by atoms with Crippen LogP contribution >= 0.6 is 11.6 Å². The molecule has 2 aromatic heterocycles. The Morgan fingerprint density at radius 2 is 2.00 bits per heavy atom. The van der Waals surface area contributed by atoms with E-state index in [1.807, 2.05) is 0 Å². The predicted molar refractivity (Wildman–Crippen MR) is 128 cm³/mol. The summed E-state index contributed by atoms with van der Waals surface area (Å²) in [6.07, 6.45) is -3.37. The van der Waals surface area contributed by atoms with Gasteiger partial charge in [-0.25, -0.2) is 9.67 Å². The maximum absolute atomic E-state index is 13.0. The summed E-state index contributed by atoms with van der Waals surface area (Å²) in [5.41, 5.74) is 0.569. The van der Waals surface area contributed by atoms with Crippen LogP contribution in [0.4, 0.5) is 13.2 Å². The second-order valence-corrected chi connectivity index (χ2v) is 9.24. The van der Waals surface area contributed by atoms with E-state index in [0.29, 0.717) is 40.6 Å². The predicted octanol–water partition coefficient (Wildman–Crippen LogP) is 3.45. The first-order chi connectivity index (χ1) is 17.6. The molecule has 2 aromatic carbocycles. The van der Waals surface area contributed by atoms with Gasteiger partial charge >= 0.3 is 6.36 Å². The lowest BCUT2D eigenvalue weighted by Gasteiger charge is -2.17. The Balaban J connectivity index is 1.46. The number of H-pyrrole nitrogens is 1. The van der Waals surface area contributed by atoms with E-state index in [1.54, 1.807) is 24.3 Å². The van der Waals surface area contributed by atoms with Gasteiger partial charge in [-0.2, -0.15) is 5.10 Å². The van der Waals surface area contributed by atoms with E-state index in [-0.39, 0.29) is 29.5 Å². The zero-order valence-corrected chi connectivity index (χ0v) is 19.9. The number of ether oxygens (including phenoxy) is 1. The number of imidazole rings is 1. The van der Waals surface area contributed by atoms with Crippen molar-refractivity contribution in [1.29, 1.82) is 0 Å². The average molecular weight is 536 g/mol. The number of hydrogen-bond donors (Lipinski definition) is 3. The molecular weight excluding hydrogens is 515 g/mol. The number of carbonyl (C=O) groups is 1. The number of aliphatic hydroxyl groups excluding tert-OH is 1. The summed E-state index contributed by atoms with van der Waals surface area (Å²) in [5.74, 6) is -0.663. The van der Waals surface area contributed by atoms with Crippen molar-refractivity contribution in [2.45, 2.75) is 50.7 Å². The van der Waals surface area contributed by atoms with Crippen molar-refractivity contribution in [3.05, 3.63) is 63.3 Å². The van der Waals surface area contributed by atoms with Crippen molar-refractivity contribution in [3.8, 4) is 5.75 Å². The molecule has 0 unspecified atom stereocenters. The second-order valence-electron chi connectivity index (χ2n) is 8.84. The molecule has 0 bridgehead atoms. The van der Waals surface area contributed by atoms with Crippen LogP contribution < -0.4 is 15.6 Å². The molecule has 5 rings (SSSR count). The molecule has 1 aliphatic rings. The monoisotopic (exact) mass is 535 g/mol. The highest BCUT2D eigenvalue weighted by atomic mass is 35.5. The maximum atomic E-state index is 13.0. The van der Waals surface area contributed by atoms with Gasteiger partial charge in [0.1, 0.15) is 18.1 Å². The number of fused-ring (bicyclic) bond motifs is 2. The van der Waals surface area contributed by atoms with Crippen molar-refractivity contribution >= 4 is 39.3 Å². The molecule has 1 saturated carbocycles. The van der Waals surface area contributed by atoms with Crippen molar-refractivity contribution in [1.82, 2.24) is 25.1 Å². The van der Waals surface area contributed by atoms with Crippen molar-refractivity contribution in [2.75, 3.05) is 0 Å². The lowest BCUT2D eigenvalue weighted by atomic mass is 10.1. The molecule has 0 aliphatic heterocycles. The zero-order valence-electron chi connectivity index (χ0n) is 19.2. The first kappa shape index (κ1) is 25.0. The molecule has 0 spiro atoms. The molecule has 1 aliphatic carbocycles. The van der Waals surface area contributed by atoms with Crippen molar-refractivity contribution < 1.29 is 27.8 Å². The molecule has 3 N–H and O–H groups in total. The fourth-order valence-electron chi connectivity index (χ4n) is 4.55. The lowest BCUT2D eigenvalue weighted by Crippen LogP contribution is -2.43. The summed E-state index contributed by atoms with van der Waals surface area (Å²) >= 11 is 5.94. The van der Waals surface area contributed by atoms with Crippen LogP contribution in [0.25, 0.3) is 21.8 Å². The highest BCUT2D eigenvalue weighted by Gasteiger charge is 2.32. The number of aliphatic hydroxyl groups is 1. The minimum atomic E-state index is -4.91. The fraction of sp³-hybridized carbons (Fsp3) is 0.333. The van der Waals surface area contributed by atoms with Gasteiger partial charge in [-0.05, 0) is 31.4 Å². The van der Waals surface area contributed by atoms with Crippen LogP contribution in [0.2, 0.25) is 5.02 Å². The number of carbonyl (C=O) groups excluding carboxylic acids is 1.